The van der Waals surface area contributed by atoms with Gasteiger partial charge in [-0.3, -0.25) is 4.79 Å². The molecule has 0 aliphatic heterocycles. The zero-order chi connectivity index (χ0) is 17.8. The first kappa shape index (κ1) is 17.6. The molecule has 0 unspecified atom stereocenters. The normalized spacial score (nSPS) is 10.7. The number of amides is 1. The van der Waals surface area contributed by atoms with Gasteiger partial charge in [0.2, 0.25) is 0 Å². The van der Waals surface area contributed by atoms with Crippen LogP contribution in [0.15, 0.2) is 42.5 Å². The fourth-order valence-corrected chi connectivity index (χ4v) is 3.92. The molecule has 0 saturated heterocycles. The molecule has 4 nitrogen and oxygen atoms in total. The Hall–Kier alpha value is -2.24. The predicted octanol–water partition coefficient (Wildman–Crippen LogP) is 4.54. The lowest BCUT2D eigenvalue weighted by Gasteiger charge is -2.05. The van der Waals surface area contributed by atoms with Crippen molar-refractivity contribution in [2.45, 2.75) is 6.42 Å². The summed E-state index contributed by atoms with van der Waals surface area (Å²) in [6.07, 6.45) is 0.742. The number of hydrogen-bond donors (Lipinski definition) is 1. The molecule has 3 aromatic rings. The molecule has 0 aliphatic rings. The van der Waals surface area contributed by atoms with Crippen molar-refractivity contribution in [3.8, 4) is 11.5 Å². The molecule has 1 heterocycles. The van der Waals surface area contributed by atoms with Gasteiger partial charge in [0, 0.05) is 16.6 Å². The summed E-state index contributed by atoms with van der Waals surface area (Å²) in [4.78, 5) is 13.0. The Morgan fingerprint density at radius 1 is 1.08 bits per heavy atom. The lowest BCUT2D eigenvalue weighted by atomic mass is 10.1. The maximum atomic E-state index is 12.4. The first-order chi connectivity index (χ1) is 12.1. The van der Waals surface area contributed by atoms with Crippen LogP contribution < -0.4 is 14.8 Å². The van der Waals surface area contributed by atoms with Gasteiger partial charge >= 0.3 is 0 Å². The smallest absolute Gasteiger partial charge is 0.262 e. The summed E-state index contributed by atoms with van der Waals surface area (Å²) in [6, 6.07) is 13.4. The Balaban J connectivity index is 1.66. The topological polar surface area (TPSA) is 47.6 Å². The van der Waals surface area contributed by atoms with Crippen molar-refractivity contribution in [2.75, 3.05) is 20.8 Å². The van der Waals surface area contributed by atoms with Gasteiger partial charge in [0.15, 0.2) is 0 Å². The Morgan fingerprint density at radius 2 is 1.76 bits per heavy atom. The molecule has 3 rings (SSSR count). The summed E-state index contributed by atoms with van der Waals surface area (Å²) < 4.78 is 11.3. The van der Waals surface area contributed by atoms with E-state index in [1.807, 2.05) is 42.5 Å². The number of carbonyl (C=O) groups is 1. The first-order valence-electron chi connectivity index (χ1n) is 7.79. The third kappa shape index (κ3) is 3.89. The summed E-state index contributed by atoms with van der Waals surface area (Å²) in [7, 11) is 3.24. The van der Waals surface area contributed by atoms with Crippen molar-refractivity contribution < 1.29 is 14.3 Å². The molecule has 6 heteroatoms. The highest BCUT2D eigenvalue weighted by molar-refractivity contribution is 7.21. The van der Waals surface area contributed by atoms with E-state index in [0.29, 0.717) is 16.4 Å². The Kier molecular flexibility index (Phi) is 5.46. The number of nitrogens with one attached hydrogen (secondary N) is 1. The van der Waals surface area contributed by atoms with E-state index in [1.165, 1.54) is 11.3 Å². The molecule has 1 amide bonds. The van der Waals surface area contributed by atoms with Crippen molar-refractivity contribution in [3.63, 3.8) is 0 Å². The van der Waals surface area contributed by atoms with Crippen molar-refractivity contribution in [1.29, 1.82) is 0 Å². The maximum absolute atomic E-state index is 12.4. The maximum Gasteiger partial charge on any atom is 0.262 e. The van der Waals surface area contributed by atoms with Crippen LogP contribution in [0.25, 0.3) is 10.1 Å². The molecule has 2 aromatic carbocycles. The highest BCUT2D eigenvalue weighted by atomic mass is 35.5. The van der Waals surface area contributed by atoms with Crippen molar-refractivity contribution >= 4 is 38.9 Å². The van der Waals surface area contributed by atoms with Crippen LogP contribution in [0.2, 0.25) is 5.02 Å². The third-order valence-corrected chi connectivity index (χ3v) is 5.57. The summed E-state index contributed by atoms with van der Waals surface area (Å²) >= 11 is 7.78. The van der Waals surface area contributed by atoms with Crippen LogP contribution in [0.4, 0.5) is 0 Å². The minimum Gasteiger partial charge on any atom is -0.497 e. The van der Waals surface area contributed by atoms with Gasteiger partial charge in [-0.25, -0.2) is 0 Å². The van der Waals surface area contributed by atoms with Gasteiger partial charge < -0.3 is 14.8 Å². The van der Waals surface area contributed by atoms with Gasteiger partial charge in [0.1, 0.15) is 16.4 Å². The molecule has 0 spiro atoms. The van der Waals surface area contributed by atoms with Gasteiger partial charge in [0.05, 0.1) is 19.2 Å². The summed E-state index contributed by atoms with van der Waals surface area (Å²) in [5.41, 5.74) is 1.13. The molecular weight excluding hydrogens is 358 g/mol. The molecule has 1 N–H and O–H groups in total. The number of ether oxygens (including phenoxy) is 2. The van der Waals surface area contributed by atoms with Gasteiger partial charge in [-0.1, -0.05) is 23.7 Å². The molecule has 25 heavy (non-hydrogen) atoms. The van der Waals surface area contributed by atoms with Crippen LogP contribution in [-0.2, 0) is 6.42 Å². The van der Waals surface area contributed by atoms with Gasteiger partial charge in [-0.15, -0.1) is 11.3 Å². The highest BCUT2D eigenvalue weighted by Crippen LogP contribution is 2.37. The monoisotopic (exact) mass is 375 g/mol. The lowest BCUT2D eigenvalue weighted by Crippen LogP contribution is -2.25. The second kappa shape index (κ2) is 7.76. The number of hydrogen-bond acceptors (Lipinski definition) is 4. The fourth-order valence-electron chi connectivity index (χ4n) is 2.51. The standard InChI is InChI=1S/C19H18ClNO3S/c1-23-13-5-3-12(4-6-13)9-10-21-19(22)18-17(20)15-11-14(24-2)7-8-16(15)25-18/h3-8,11H,9-10H2,1-2H3,(H,21,22). The molecule has 0 fully saturated rings. The van der Waals surface area contributed by atoms with Crippen molar-refractivity contribution in [3.05, 3.63) is 57.9 Å². The van der Waals surface area contributed by atoms with E-state index in [2.05, 4.69) is 5.32 Å². The molecule has 0 aliphatic carbocycles. The van der Waals surface area contributed by atoms with Gasteiger partial charge in [-0.05, 0) is 42.3 Å². The van der Waals surface area contributed by atoms with Crippen LogP contribution in [-0.4, -0.2) is 26.7 Å². The minimum absolute atomic E-state index is 0.154. The van der Waals surface area contributed by atoms with E-state index >= 15 is 0 Å². The first-order valence-corrected chi connectivity index (χ1v) is 8.99. The van der Waals surface area contributed by atoms with Gasteiger partial charge in [0.25, 0.3) is 5.91 Å². The number of halogens is 1. The Morgan fingerprint density at radius 3 is 2.44 bits per heavy atom. The number of fused-ring (bicyclic) bond motifs is 1. The minimum atomic E-state index is -0.154. The average Bonchev–Trinajstić information content (AvgIpc) is 2.98. The zero-order valence-electron chi connectivity index (χ0n) is 14.0. The molecular formula is C19H18ClNO3S. The summed E-state index contributed by atoms with van der Waals surface area (Å²) in [5, 5.41) is 4.24. The van der Waals surface area contributed by atoms with E-state index in [1.54, 1.807) is 14.2 Å². The van der Waals surface area contributed by atoms with Crippen LogP contribution in [0.1, 0.15) is 15.2 Å². The van der Waals surface area contributed by atoms with Crippen LogP contribution in [0, 0.1) is 0 Å². The van der Waals surface area contributed by atoms with Crippen molar-refractivity contribution in [2.24, 2.45) is 0 Å². The number of thiophene rings is 1. The SMILES string of the molecule is COc1ccc(CCNC(=O)c2sc3ccc(OC)cc3c2Cl)cc1. The average molecular weight is 376 g/mol. The zero-order valence-corrected chi connectivity index (χ0v) is 15.5. The number of rotatable bonds is 6. The molecule has 0 saturated carbocycles. The second-order valence-electron chi connectivity index (χ2n) is 5.46. The van der Waals surface area contributed by atoms with Gasteiger partial charge in [-0.2, -0.15) is 0 Å². The van der Waals surface area contributed by atoms with Crippen molar-refractivity contribution in [1.82, 2.24) is 5.32 Å². The lowest BCUT2D eigenvalue weighted by molar-refractivity contribution is 0.0958. The molecule has 0 bridgehead atoms. The Bertz CT molecular complexity index is 890. The number of methoxy groups -OCH3 is 2. The molecule has 1 aromatic heterocycles. The van der Waals surface area contributed by atoms with Crippen LogP contribution in [0.3, 0.4) is 0 Å². The van der Waals surface area contributed by atoms with Crippen LogP contribution in [0.5, 0.6) is 11.5 Å². The van der Waals surface area contributed by atoms with E-state index < -0.39 is 0 Å². The second-order valence-corrected chi connectivity index (χ2v) is 6.89. The van der Waals surface area contributed by atoms with E-state index in [4.69, 9.17) is 21.1 Å². The molecule has 0 radical (unpaired) electrons. The highest BCUT2D eigenvalue weighted by Gasteiger charge is 2.17. The molecule has 130 valence electrons. The fraction of sp³-hybridized carbons (Fsp3) is 0.211. The van der Waals surface area contributed by atoms with E-state index in [9.17, 15) is 4.79 Å². The number of carbonyl (C=O) groups excluding carboxylic acids is 1. The largest absolute Gasteiger partial charge is 0.497 e. The summed E-state index contributed by atoms with van der Waals surface area (Å²) in [6.45, 7) is 0.541. The van der Waals surface area contributed by atoms with E-state index in [0.717, 1.165) is 33.6 Å². The number of benzene rings is 2. The molecule has 0 atom stereocenters. The van der Waals surface area contributed by atoms with E-state index in [-0.39, 0.29) is 5.91 Å². The third-order valence-electron chi connectivity index (χ3n) is 3.90. The predicted molar refractivity (Wildman–Crippen MR) is 102 cm³/mol. The van der Waals surface area contributed by atoms with Crippen LogP contribution >= 0.6 is 22.9 Å². The Labute approximate surface area is 155 Å². The quantitative estimate of drug-likeness (QED) is 0.687. The summed E-state index contributed by atoms with van der Waals surface area (Å²) in [5.74, 6) is 1.39.